The average Bonchev–Trinajstić information content (AvgIpc) is 3.39. The Hall–Kier alpha value is -4.26. The van der Waals surface area contributed by atoms with Gasteiger partial charge in [-0.25, -0.2) is 0 Å². The van der Waals surface area contributed by atoms with Gasteiger partial charge in [-0.05, 0) is 47.9 Å². The Kier molecular flexibility index (Phi) is 5.91. The molecule has 1 fully saturated rings. The minimum atomic E-state index is -0.394. The van der Waals surface area contributed by atoms with Gasteiger partial charge in [-0.15, -0.1) is 0 Å². The van der Waals surface area contributed by atoms with Crippen LogP contribution >= 0.6 is 0 Å². The lowest BCUT2D eigenvalue weighted by molar-refractivity contribution is 0.0562. The van der Waals surface area contributed by atoms with Crippen LogP contribution in [0, 0.1) is 6.92 Å². The summed E-state index contributed by atoms with van der Waals surface area (Å²) in [5, 5.41) is 4.05. The Morgan fingerprint density at radius 3 is 2.11 bits per heavy atom. The molecule has 2 heterocycles. The van der Waals surface area contributed by atoms with Crippen LogP contribution in [0.15, 0.2) is 78.0 Å². The molecule has 176 valence electrons. The number of hydrogen-bond acceptors (Lipinski definition) is 5. The van der Waals surface area contributed by atoms with Crippen LogP contribution in [0.1, 0.15) is 43.1 Å². The molecule has 0 N–H and O–H groups in total. The number of carbonyl (C=O) groups excluding carboxylic acids is 3. The normalized spacial score (nSPS) is 18.3. The molecule has 1 atom stereocenters. The molecule has 2 aliphatic rings. The van der Waals surface area contributed by atoms with Crippen molar-refractivity contribution < 1.29 is 19.2 Å². The van der Waals surface area contributed by atoms with Crippen molar-refractivity contribution in [2.45, 2.75) is 19.4 Å². The van der Waals surface area contributed by atoms with Crippen LogP contribution in [0.2, 0.25) is 0 Å². The van der Waals surface area contributed by atoms with Crippen molar-refractivity contribution in [3.05, 3.63) is 95.1 Å². The van der Waals surface area contributed by atoms with E-state index in [1.54, 1.807) is 29.2 Å². The van der Waals surface area contributed by atoms with Crippen molar-refractivity contribution in [1.29, 1.82) is 0 Å². The highest BCUT2D eigenvalue weighted by Crippen LogP contribution is 2.28. The van der Waals surface area contributed by atoms with E-state index in [1.807, 2.05) is 36.4 Å². The van der Waals surface area contributed by atoms with E-state index in [4.69, 9.17) is 4.84 Å². The highest BCUT2D eigenvalue weighted by atomic mass is 16.6. The van der Waals surface area contributed by atoms with Gasteiger partial charge in [-0.1, -0.05) is 53.7 Å². The number of benzene rings is 3. The van der Waals surface area contributed by atoms with Gasteiger partial charge in [0.1, 0.15) is 7.11 Å². The average molecular weight is 468 g/mol. The molecular weight excluding hydrogens is 442 g/mol. The molecule has 3 amide bonds. The molecule has 0 saturated carbocycles. The van der Waals surface area contributed by atoms with E-state index < -0.39 is 6.04 Å². The molecule has 0 spiro atoms. The zero-order chi connectivity index (χ0) is 24.5. The van der Waals surface area contributed by atoms with E-state index >= 15 is 0 Å². The fraction of sp³-hybridized carbons (Fsp3) is 0.214. The fourth-order valence-corrected chi connectivity index (χ4v) is 4.84. The molecule has 0 radical (unpaired) electrons. The highest BCUT2D eigenvalue weighted by Gasteiger charge is 2.41. The molecule has 0 aliphatic carbocycles. The molecule has 35 heavy (non-hydrogen) atoms. The monoisotopic (exact) mass is 467 g/mol. The summed E-state index contributed by atoms with van der Waals surface area (Å²) in [6.07, 6.45) is 0.425. The summed E-state index contributed by atoms with van der Waals surface area (Å²) < 4.78 is 0. The van der Waals surface area contributed by atoms with E-state index in [9.17, 15) is 14.4 Å². The summed E-state index contributed by atoms with van der Waals surface area (Å²) in [6, 6.07) is 22.0. The van der Waals surface area contributed by atoms with Crippen molar-refractivity contribution in [2.75, 3.05) is 20.2 Å². The predicted molar refractivity (Wildman–Crippen MR) is 132 cm³/mol. The summed E-state index contributed by atoms with van der Waals surface area (Å²) >= 11 is 0. The Labute approximate surface area is 203 Å². The number of amides is 3. The maximum atomic E-state index is 13.5. The minimum absolute atomic E-state index is 0.0993. The maximum absolute atomic E-state index is 13.5. The lowest BCUT2D eigenvalue weighted by Gasteiger charge is -2.27. The number of nitrogens with zero attached hydrogens (tertiary/aromatic N) is 3. The second-order valence-electron chi connectivity index (χ2n) is 8.79. The quantitative estimate of drug-likeness (QED) is 0.417. The molecule has 1 unspecified atom stereocenters. The number of fused-ring (bicyclic) bond motifs is 1. The summed E-state index contributed by atoms with van der Waals surface area (Å²) in [4.78, 5) is 47.2. The Bertz CT molecular complexity index is 1310. The third-order valence-corrected chi connectivity index (χ3v) is 6.61. The van der Waals surface area contributed by atoms with Crippen molar-refractivity contribution in [2.24, 2.45) is 5.16 Å². The van der Waals surface area contributed by atoms with Crippen LogP contribution in [-0.2, 0) is 4.84 Å². The second kappa shape index (κ2) is 9.18. The molecule has 0 bridgehead atoms. The fourth-order valence-electron chi connectivity index (χ4n) is 4.84. The predicted octanol–water partition coefficient (Wildman–Crippen LogP) is 4.18. The Balaban J connectivity index is 1.39. The lowest BCUT2D eigenvalue weighted by Crippen LogP contribution is -2.45. The number of carbonyl (C=O) groups is 3. The zero-order valence-electron chi connectivity index (χ0n) is 19.6. The van der Waals surface area contributed by atoms with Gasteiger partial charge in [0.2, 0.25) is 0 Å². The van der Waals surface area contributed by atoms with Crippen molar-refractivity contribution in [3.8, 4) is 11.1 Å². The molecule has 5 rings (SSSR count). The van der Waals surface area contributed by atoms with Crippen LogP contribution in [0.5, 0.6) is 0 Å². The standard InChI is InChI=1S/C28H25N3O4/c1-18-7-3-4-8-23(18)19-11-13-20(14-12-19)26(32)30-16-21(29-35-2)15-22(30)17-31-27(33)24-9-5-6-10-25(24)28(31)34/h3-14,22H,15-17H2,1-2H3/b29-21-. The first-order valence-corrected chi connectivity index (χ1v) is 11.5. The number of hydrogen-bond donors (Lipinski definition) is 0. The summed E-state index contributed by atoms with van der Waals surface area (Å²) in [5.41, 5.74) is 5.33. The third-order valence-electron chi connectivity index (χ3n) is 6.61. The van der Waals surface area contributed by atoms with Gasteiger partial charge < -0.3 is 9.74 Å². The van der Waals surface area contributed by atoms with Gasteiger partial charge in [0.25, 0.3) is 17.7 Å². The first-order chi connectivity index (χ1) is 17.0. The van der Waals surface area contributed by atoms with Gasteiger partial charge in [0.15, 0.2) is 0 Å². The molecule has 2 aliphatic heterocycles. The minimum Gasteiger partial charge on any atom is -0.399 e. The number of imide groups is 1. The van der Waals surface area contributed by atoms with Crippen molar-refractivity contribution >= 4 is 23.4 Å². The molecule has 0 aromatic heterocycles. The molecular formula is C28H25N3O4. The molecule has 7 nitrogen and oxygen atoms in total. The van der Waals surface area contributed by atoms with E-state index in [0.717, 1.165) is 16.7 Å². The Morgan fingerprint density at radius 2 is 1.51 bits per heavy atom. The van der Waals surface area contributed by atoms with E-state index in [0.29, 0.717) is 28.8 Å². The number of aryl methyl sites for hydroxylation is 1. The topological polar surface area (TPSA) is 79.3 Å². The maximum Gasteiger partial charge on any atom is 0.261 e. The van der Waals surface area contributed by atoms with Gasteiger partial charge in [0.05, 0.1) is 36.0 Å². The second-order valence-corrected chi connectivity index (χ2v) is 8.79. The van der Waals surface area contributed by atoms with Gasteiger partial charge in [-0.3, -0.25) is 19.3 Å². The Morgan fingerprint density at radius 1 is 0.914 bits per heavy atom. The molecule has 3 aromatic rings. The first-order valence-electron chi connectivity index (χ1n) is 11.5. The molecule has 1 saturated heterocycles. The van der Waals surface area contributed by atoms with Crippen LogP contribution < -0.4 is 0 Å². The molecule has 7 heteroatoms. The lowest BCUT2D eigenvalue weighted by atomic mass is 9.99. The number of likely N-dealkylation sites (tertiary alicyclic amines) is 1. The van der Waals surface area contributed by atoms with Crippen LogP contribution in [-0.4, -0.2) is 59.5 Å². The van der Waals surface area contributed by atoms with Crippen LogP contribution in [0.4, 0.5) is 0 Å². The SMILES string of the molecule is CO/N=C1/CC(CN2C(=O)c3ccccc3C2=O)N(C(=O)c2ccc(-c3ccccc3C)cc2)C1. The molecule has 3 aromatic carbocycles. The highest BCUT2D eigenvalue weighted by molar-refractivity contribution is 6.21. The largest absolute Gasteiger partial charge is 0.399 e. The van der Waals surface area contributed by atoms with Crippen molar-refractivity contribution in [3.63, 3.8) is 0 Å². The zero-order valence-corrected chi connectivity index (χ0v) is 19.6. The van der Waals surface area contributed by atoms with Crippen LogP contribution in [0.3, 0.4) is 0 Å². The summed E-state index contributed by atoms with van der Waals surface area (Å²) in [6.45, 7) is 2.43. The van der Waals surface area contributed by atoms with Gasteiger partial charge >= 0.3 is 0 Å². The summed E-state index contributed by atoms with van der Waals surface area (Å²) in [7, 11) is 1.46. The van der Waals surface area contributed by atoms with Gasteiger partial charge in [0, 0.05) is 12.0 Å². The van der Waals surface area contributed by atoms with E-state index in [-0.39, 0.29) is 30.8 Å². The summed E-state index contributed by atoms with van der Waals surface area (Å²) in [5.74, 6) is -0.848. The third kappa shape index (κ3) is 4.10. The van der Waals surface area contributed by atoms with Crippen LogP contribution in [0.25, 0.3) is 11.1 Å². The van der Waals surface area contributed by atoms with Crippen molar-refractivity contribution in [1.82, 2.24) is 9.80 Å². The van der Waals surface area contributed by atoms with E-state index in [2.05, 4.69) is 24.2 Å². The van der Waals surface area contributed by atoms with Gasteiger partial charge in [-0.2, -0.15) is 0 Å². The number of oxime groups is 1. The number of rotatable bonds is 5. The smallest absolute Gasteiger partial charge is 0.261 e. The van der Waals surface area contributed by atoms with E-state index in [1.165, 1.54) is 12.0 Å². The first kappa shape index (κ1) is 22.5.